The lowest BCUT2D eigenvalue weighted by Crippen LogP contribution is -1.92. The summed E-state index contributed by atoms with van der Waals surface area (Å²) in [4.78, 5) is 14.1. The fourth-order valence-corrected chi connectivity index (χ4v) is 0.941. The average Bonchev–Trinajstić information content (AvgIpc) is 1.96. The molecule has 0 aromatic carbocycles. The van der Waals surface area contributed by atoms with E-state index in [1.165, 1.54) is 0 Å². The van der Waals surface area contributed by atoms with Crippen LogP contribution < -0.4 is 0 Å². The molecule has 1 heterocycles. The third-order valence-corrected chi connectivity index (χ3v) is 1.45. The molecule has 0 saturated heterocycles. The summed E-state index contributed by atoms with van der Waals surface area (Å²) in [6.07, 6.45) is 0.551. The molecule has 0 bridgehead atoms. The maximum Gasteiger partial charge on any atom is 0.172 e. The maximum absolute atomic E-state index is 10.3. The summed E-state index contributed by atoms with van der Waals surface area (Å²) in [6, 6.07) is 1.72. The van der Waals surface area contributed by atoms with Crippen LogP contribution in [0.2, 0.25) is 0 Å². The van der Waals surface area contributed by atoms with Crippen molar-refractivity contribution >= 4 is 6.29 Å². The molecule has 1 N–H and O–H groups in total. The van der Waals surface area contributed by atoms with Gasteiger partial charge in [-0.2, -0.15) is 0 Å². The fourth-order valence-electron chi connectivity index (χ4n) is 0.941. The molecule has 0 amide bonds. The Morgan fingerprint density at radius 3 is 2.73 bits per heavy atom. The first-order valence-corrected chi connectivity index (χ1v) is 3.27. The van der Waals surface area contributed by atoms with Crippen molar-refractivity contribution in [2.75, 3.05) is 0 Å². The number of hydrogen-bond donors (Lipinski definition) is 1. The lowest BCUT2D eigenvalue weighted by Gasteiger charge is -2.01. The first-order valence-electron chi connectivity index (χ1n) is 3.27. The van der Waals surface area contributed by atoms with E-state index in [9.17, 15) is 9.90 Å². The van der Waals surface area contributed by atoms with Crippen LogP contribution in [-0.4, -0.2) is 16.4 Å². The SMILES string of the molecule is Cc1cc(C)c(O)c(C=O)n1. The van der Waals surface area contributed by atoms with E-state index in [-0.39, 0.29) is 11.4 Å². The summed E-state index contributed by atoms with van der Waals surface area (Å²) in [7, 11) is 0. The number of rotatable bonds is 1. The minimum atomic E-state index is -0.0226. The number of nitrogens with zero attached hydrogens (tertiary/aromatic N) is 1. The van der Waals surface area contributed by atoms with Crippen LogP contribution in [-0.2, 0) is 0 Å². The fraction of sp³-hybridized carbons (Fsp3) is 0.250. The van der Waals surface area contributed by atoms with Gasteiger partial charge in [-0.3, -0.25) is 4.79 Å². The standard InChI is InChI=1S/C8H9NO2/c1-5-3-6(2)9-7(4-10)8(5)11/h3-4,11H,1-2H3. The number of aryl methyl sites for hydroxylation is 2. The highest BCUT2D eigenvalue weighted by Crippen LogP contribution is 2.18. The molecule has 0 aliphatic heterocycles. The molecule has 58 valence electrons. The monoisotopic (exact) mass is 151 g/mol. The van der Waals surface area contributed by atoms with E-state index in [2.05, 4.69) is 4.98 Å². The van der Waals surface area contributed by atoms with Gasteiger partial charge in [-0.15, -0.1) is 0 Å². The Bertz CT molecular complexity index is 294. The minimum absolute atomic E-state index is 0.0226. The van der Waals surface area contributed by atoms with Crippen molar-refractivity contribution in [1.82, 2.24) is 4.98 Å². The number of carbonyl (C=O) groups is 1. The number of pyridine rings is 1. The van der Waals surface area contributed by atoms with E-state index in [0.29, 0.717) is 11.8 Å². The third kappa shape index (κ3) is 1.37. The Morgan fingerprint density at radius 1 is 1.55 bits per heavy atom. The van der Waals surface area contributed by atoms with Crippen molar-refractivity contribution in [3.05, 3.63) is 23.0 Å². The zero-order valence-electron chi connectivity index (χ0n) is 6.46. The molecule has 0 atom stereocenters. The predicted molar refractivity (Wildman–Crippen MR) is 40.8 cm³/mol. The second kappa shape index (κ2) is 2.70. The van der Waals surface area contributed by atoms with E-state index < -0.39 is 0 Å². The van der Waals surface area contributed by atoms with Crippen molar-refractivity contribution in [1.29, 1.82) is 0 Å². The lowest BCUT2D eigenvalue weighted by atomic mass is 10.2. The Hall–Kier alpha value is -1.38. The second-order valence-corrected chi connectivity index (χ2v) is 2.43. The van der Waals surface area contributed by atoms with Crippen LogP contribution in [0.15, 0.2) is 6.07 Å². The zero-order chi connectivity index (χ0) is 8.43. The third-order valence-electron chi connectivity index (χ3n) is 1.45. The number of aldehydes is 1. The maximum atomic E-state index is 10.3. The number of hydrogen-bond acceptors (Lipinski definition) is 3. The first-order chi connectivity index (χ1) is 5.15. The summed E-state index contributed by atoms with van der Waals surface area (Å²) in [5.41, 5.74) is 1.53. The van der Waals surface area contributed by atoms with Gasteiger partial charge in [-0.05, 0) is 25.5 Å². The molecule has 0 unspecified atom stereocenters. The molecule has 0 fully saturated rings. The molecule has 1 aromatic rings. The van der Waals surface area contributed by atoms with Gasteiger partial charge in [0.15, 0.2) is 6.29 Å². The summed E-state index contributed by atoms with van der Waals surface area (Å²) < 4.78 is 0. The molecule has 1 rings (SSSR count). The van der Waals surface area contributed by atoms with E-state index >= 15 is 0 Å². The van der Waals surface area contributed by atoms with Crippen LogP contribution in [0.5, 0.6) is 5.75 Å². The number of aromatic hydroxyl groups is 1. The van der Waals surface area contributed by atoms with Gasteiger partial charge in [0, 0.05) is 5.69 Å². The zero-order valence-corrected chi connectivity index (χ0v) is 6.46. The van der Waals surface area contributed by atoms with Crippen LogP contribution in [0.25, 0.3) is 0 Å². The van der Waals surface area contributed by atoms with Crippen LogP contribution in [0.1, 0.15) is 21.7 Å². The van der Waals surface area contributed by atoms with Crippen molar-refractivity contribution < 1.29 is 9.90 Å². The van der Waals surface area contributed by atoms with Gasteiger partial charge in [0.05, 0.1) is 0 Å². The molecule has 0 saturated carbocycles. The smallest absolute Gasteiger partial charge is 0.172 e. The lowest BCUT2D eigenvalue weighted by molar-refractivity contribution is 0.111. The minimum Gasteiger partial charge on any atom is -0.505 e. The van der Waals surface area contributed by atoms with Crippen molar-refractivity contribution in [2.45, 2.75) is 13.8 Å². The van der Waals surface area contributed by atoms with Crippen LogP contribution in [0, 0.1) is 13.8 Å². The summed E-state index contributed by atoms with van der Waals surface area (Å²) in [5, 5.41) is 9.23. The Morgan fingerprint density at radius 2 is 2.18 bits per heavy atom. The van der Waals surface area contributed by atoms with Gasteiger partial charge < -0.3 is 5.11 Å². The molecular formula is C8H9NO2. The van der Waals surface area contributed by atoms with Gasteiger partial charge >= 0.3 is 0 Å². The molecule has 0 aliphatic carbocycles. The highest BCUT2D eigenvalue weighted by atomic mass is 16.3. The summed E-state index contributed by atoms with van der Waals surface area (Å²) in [6.45, 7) is 3.51. The van der Waals surface area contributed by atoms with Crippen molar-refractivity contribution in [3.63, 3.8) is 0 Å². The van der Waals surface area contributed by atoms with E-state index in [0.717, 1.165) is 5.69 Å². The second-order valence-electron chi connectivity index (χ2n) is 2.43. The molecule has 0 spiro atoms. The quantitative estimate of drug-likeness (QED) is 0.614. The summed E-state index contributed by atoms with van der Waals surface area (Å²) in [5.74, 6) is -0.0226. The highest BCUT2D eigenvalue weighted by Gasteiger charge is 2.04. The Balaban J connectivity index is 3.35. The molecule has 3 nitrogen and oxygen atoms in total. The number of carbonyl (C=O) groups excluding carboxylic acids is 1. The Kier molecular flexibility index (Phi) is 1.89. The van der Waals surface area contributed by atoms with Gasteiger partial charge in [0.1, 0.15) is 11.4 Å². The molecule has 0 aliphatic rings. The average molecular weight is 151 g/mol. The van der Waals surface area contributed by atoms with Gasteiger partial charge in [-0.25, -0.2) is 4.98 Å². The van der Waals surface area contributed by atoms with Gasteiger partial charge in [0.2, 0.25) is 0 Å². The normalized spacial score (nSPS) is 9.64. The van der Waals surface area contributed by atoms with Gasteiger partial charge in [0.25, 0.3) is 0 Å². The van der Waals surface area contributed by atoms with Gasteiger partial charge in [-0.1, -0.05) is 0 Å². The first kappa shape index (κ1) is 7.72. The molecule has 11 heavy (non-hydrogen) atoms. The van der Waals surface area contributed by atoms with E-state index in [1.54, 1.807) is 19.9 Å². The molecular weight excluding hydrogens is 142 g/mol. The van der Waals surface area contributed by atoms with Crippen molar-refractivity contribution in [3.8, 4) is 5.75 Å². The Labute approximate surface area is 64.7 Å². The molecule has 3 heteroatoms. The van der Waals surface area contributed by atoms with Crippen LogP contribution in [0.4, 0.5) is 0 Å². The molecule has 0 radical (unpaired) electrons. The topological polar surface area (TPSA) is 50.2 Å². The summed E-state index contributed by atoms with van der Waals surface area (Å²) >= 11 is 0. The molecule has 1 aromatic heterocycles. The highest BCUT2D eigenvalue weighted by molar-refractivity contribution is 5.76. The van der Waals surface area contributed by atoms with Crippen molar-refractivity contribution in [2.24, 2.45) is 0 Å². The predicted octanol–water partition coefficient (Wildman–Crippen LogP) is 1.22. The number of aromatic nitrogens is 1. The van der Waals surface area contributed by atoms with E-state index in [1.807, 2.05) is 0 Å². The van der Waals surface area contributed by atoms with Crippen LogP contribution in [0.3, 0.4) is 0 Å². The van der Waals surface area contributed by atoms with Crippen LogP contribution >= 0.6 is 0 Å². The largest absolute Gasteiger partial charge is 0.505 e. The van der Waals surface area contributed by atoms with E-state index in [4.69, 9.17) is 0 Å².